The summed E-state index contributed by atoms with van der Waals surface area (Å²) in [7, 11) is 0. The van der Waals surface area contributed by atoms with Crippen molar-refractivity contribution in [3.63, 3.8) is 0 Å². The number of hydrogen-bond acceptors (Lipinski definition) is 2. The SMILES string of the molecule is CC(C)(C)c1ccc(N2C(=O)C(=Cc3ccc(-c4cc(Cl)ccc4Cl)o3)C=C2c2ccccc2)cc1. The van der Waals surface area contributed by atoms with Gasteiger partial charge in [-0.3, -0.25) is 9.69 Å². The third kappa shape index (κ3) is 4.77. The molecule has 36 heavy (non-hydrogen) atoms. The maximum absolute atomic E-state index is 13.7. The lowest BCUT2D eigenvalue weighted by Gasteiger charge is -2.23. The minimum Gasteiger partial charge on any atom is -0.457 e. The van der Waals surface area contributed by atoms with E-state index in [1.165, 1.54) is 5.56 Å². The van der Waals surface area contributed by atoms with E-state index in [0.717, 1.165) is 16.9 Å². The molecule has 1 aliphatic rings. The fourth-order valence-corrected chi connectivity index (χ4v) is 4.60. The molecule has 0 bridgehead atoms. The zero-order chi connectivity index (χ0) is 25.4. The minimum absolute atomic E-state index is 0.0274. The van der Waals surface area contributed by atoms with Crippen LogP contribution in [0.2, 0.25) is 10.0 Å². The molecule has 5 rings (SSSR count). The molecule has 0 spiro atoms. The first kappa shape index (κ1) is 24.2. The van der Waals surface area contributed by atoms with Gasteiger partial charge in [-0.25, -0.2) is 0 Å². The summed E-state index contributed by atoms with van der Waals surface area (Å²) < 4.78 is 6.03. The highest BCUT2D eigenvalue weighted by molar-refractivity contribution is 6.35. The number of hydrogen-bond donors (Lipinski definition) is 0. The summed E-state index contributed by atoms with van der Waals surface area (Å²) in [6.45, 7) is 6.52. The van der Waals surface area contributed by atoms with Gasteiger partial charge in [-0.2, -0.15) is 0 Å². The van der Waals surface area contributed by atoms with Crippen molar-refractivity contribution in [3.05, 3.63) is 124 Å². The number of benzene rings is 3. The van der Waals surface area contributed by atoms with E-state index >= 15 is 0 Å². The summed E-state index contributed by atoms with van der Waals surface area (Å²) in [6, 6.07) is 27.0. The molecule has 0 radical (unpaired) electrons. The third-order valence-corrected chi connectivity index (χ3v) is 6.73. The first-order valence-electron chi connectivity index (χ1n) is 11.7. The molecule has 0 aliphatic carbocycles. The summed E-state index contributed by atoms with van der Waals surface area (Å²) in [5.41, 5.74) is 5.07. The second kappa shape index (κ2) is 9.50. The minimum atomic E-state index is -0.115. The summed E-state index contributed by atoms with van der Waals surface area (Å²) in [6.07, 6.45) is 3.67. The monoisotopic (exact) mass is 513 g/mol. The Morgan fingerprint density at radius 2 is 1.58 bits per heavy atom. The van der Waals surface area contributed by atoms with Gasteiger partial charge >= 0.3 is 0 Å². The Labute approximate surface area is 221 Å². The number of amides is 1. The zero-order valence-electron chi connectivity index (χ0n) is 20.3. The van der Waals surface area contributed by atoms with Crippen LogP contribution in [0, 0.1) is 0 Å². The lowest BCUT2D eigenvalue weighted by Crippen LogP contribution is -2.25. The van der Waals surface area contributed by atoms with Crippen LogP contribution in [0.15, 0.2) is 101 Å². The van der Waals surface area contributed by atoms with Crippen LogP contribution in [-0.2, 0) is 10.2 Å². The quantitative estimate of drug-likeness (QED) is 0.255. The second-order valence-electron chi connectivity index (χ2n) is 9.76. The predicted molar refractivity (Wildman–Crippen MR) is 149 cm³/mol. The summed E-state index contributed by atoms with van der Waals surface area (Å²) >= 11 is 12.5. The number of halogens is 2. The molecule has 5 heteroatoms. The molecular weight excluding hydrogens is 489 g/mol. The molecule has 3 nitrogen and oxygen atoms in total. The van der Waals surface area contributed by atoms with E-state index in [1.807, 2.05) is 60.7 Å². The maximum atomic E-state index is 13.7. The molecule has 0 unspecified atom stereocenters. The largest absolute Gasteiger partial charge is 0.457 e. The van der Waals surface area contributed by atoms with Crippen molar-refractivity contribution in [2.75, 3.05) is 4.90 Å². The van der Waals surface area contributed by atoms with Gasteiger partial charge in [0.1, 0.15) is 11.5 Å². The van der Waals surface area contributed by atoms with E-state index in [1.54, 1.807) is 29.2 Å². The second-order valence-corrected chi connectivity index (χ2v) is 10.6. The van der Waals surface area contributed by atoms with E-state index in [2.05, 4.69) is 32.9 Å². The van der Waals surface area contributed by atoms with E-state index in [-0.39, 0.29) is 11.3 Å². The number of anilines is 1. The number of furan rings is 1. The van der Waals surface area contributed by atoms with Crippen LogP contribution < -0.4 is 4.90 Å². The highest BCUT2D eigenvalue weighted by atomic mass is 35.5. The lowest BCUT2D eigenvalue weighted by molar-refractivity contribution is -0.113. The Kier molecular flexibility index (Phi) is 6.38. The smallest absolute Gasteiger partial charge is 0.263 e. The summed E-state index contributed by atoms with van der Waals surface area (Å²) in [5.74, 6) is 1.02. The topological polar surface area (TPSA) is 33.5 Å². The molecule has 0 saturated heterocycles. The van der Waals surface area contributed by atoms with Crippen molar-refractivity contribution in [3.8, 4) is 11.3 Å². The predicted octanol–water partition coefficient (Wildman–Crippen LogP) is 9.02. The first-order chi connectivity index (χ1) is 17.2. The third-order valence-electron chi connectivity index (χ3n) is 6.16. The van der Waals surface area contributed by atoms with E-state index in [4.69, 9.17) is 27.6 Å². The molecule has 1 aromatic heterocycles. The van der Waals surface area contributed by atoms with Gasteiger partial charge in [-0.1, -0.05) is 86.4 Å². The van der Waals surface area contributed by atoms with Gasteiger partial charge in [0.2, 0.25) is 0 Å². The molecule has 1 aliphatic heterocycles. The van der Waals surface area contributed by atoms with Crippen LogP contribution >= 0.6 is 23.2 Å². The molecule has 2 heterocycles. The van der Waals surface area contributed by atoms with Gasteiger partial charge in [0, 0.05) is 21.8 Å². The van der Waals surface area contributed by atoms with E-state index < -0.39 is 0 Å². The standard InChI is InChI=1S/C31H25Cl2NO2/c1-31(2,3)22-9-12-24(13-10-22)34-28(20-7-5-4-6-8-20)18-21(30(34)35)17-25-14-16-29(36-25)26-19-23(32)11-15-27(26)33/h4-19H,1-3H3. The van der Waals surface area contributed by atoms with Crippen molar-refractivity contribution in [2.24, 2.45) is 0 Å². The maximum Gasteiger partial charge on any atom is 0.263 e. The highest BCUT2D eigenvalue weighted by Gasteiger charge is 2.31. The summed E-state index contributed by atoms with van der Waals surface area (Å²) in [4.78, 5) is 15.4. The van der Waals surface area contributed by atoms with Crippen LogP contribution in [0.25, 0.3) is 23.1 Å². The van der Waals surface area contributed by atoms with Gasteiger partial charge in [0.15, 0.2) is 0 Å². The number of rotatable bonds is 4. The average Bonchev–Trinajstić information content (AvgIpc) is 3.45. The Bertz CT molecular complexity index is 1490. The van der Waals surface area contributed by atoms with Gasteiger partial charge in [-0.15, -0.1) is 0 Å². The average molecular weight is 514 g/mol. The van der Waals surface area contributed by atoms with Gasteiger partial charge in [-0.05, 0) is 71.2 Å². The Hall–Kier alpha value is -3.53. The molecule has 0 atom stereocenters. The van der Waals surface area contributed by atoms with Crippen molar-refractivity contribution < 1.29 is 9.21 Å². The number of carbonyl (C=O) groups is 1. The van der Waals surface area contributed by atoms with E-state index in [9.17, 15) is 4.79 Å². The fraction of sp³-hybridized carbons (Fsp3) is 0.129. The Morgan fingerprint density at radius 1 is 0.861 bits per heavy atom. The fourth-order valence-electron chi connectivity index (χ4n) is 4.22. The van der Waals surface area contributed by atoms with Crippen molar-refractivity contribution in [1.29, 1.82) is 0 Å². The first-order valence-corrected chi connectivity index (χ1v) is 12.5. The number of carbonyl (C=O) groups excluding carboxylic acids is 1. The molecule has 0 saturated carbocycles. The van der Waals surface area contributed by atoms with E-state index in [0.29, 0.717) is 32.7 Å². The van der Waals surface area contributed by atoms with Crippen LogP contribution in [0.3, 0.4) is 0 Å². The van der Waals surface area contributed by atoms with Crippen LogP contribution in [0.1, 0.15) is 37.7 Å². The van der Waals surface area contributed by atoms with Crippen molar-refractivity contribution in [1.82, 2.24) is 0 Å². The van der Waals surface area contributed by atoms with Gasteiger partial charge in [0.25, 0.3) is 5.91 Å². The van der Waals surface area contributed by atoms with Crippen LogP contribution in [0.4, 0.5) is 5.69 Å². The van der Waals surface area contributed by atoms with Crippen LogP contribution in [-0.4, -0.2) is 5.91 Å². The molecule has 3 aromatic carbocycles. The molecule has 0 fully saturated rings. The number of nitrogens with zero attached hydrogens (tertiary/aromatic N) is 1. The molecule has 180 valence electrons. The van der Waals surface area contributed by atoms with Crippen molar-refractivity contribution in [2.45, 2.75) is 26.2 Å². The molecule has 4 aromatic rings. The van der Waals surface area contributed by atoms with Crippen molar-refractivity contribution >= 4 is 46.6 Å². The Morgan fingerprint density at radius 3 is 2.28 bits per heavy atom. The Balaban J connectivity index is 1.53. The highest BCUT2D eigenvalue weighted by Crippen LogP contribution is 2.37. The lowest BCUT2D eigenvalue weighted by atomic mass is 9.87. The van der Waals surface area contributed by atoms with Crippen LogP contribution in [0.5, 0.6) is 0 Å². The summed E-state index contributed by atoms with van der Waals surface area (Å²) in [5, 5.41) is 1.11. The van der Waals surface area contributed by atoms with Gasteiger partial charge in [0.05, 0.1) is 10.7 Å². The molecule has 0 N–H and O–H groups in total. The van der Waals surface area contributed by atoms with Gasteiger partial charge < -0.3 is 4.42 Å². The normalized spacial score (nSPS) is 15.0. The zero-order valence-corrected chi connectivity index (χ0v) is 21.8. The molecular formula is C31H25Cl2NO2. The molecule has 1 amide bonds.